The minimum atomic E-state index is -1.32. The van der Waals surface area contributed by atoms with E-state index in [4.69, 9.17) is 0 Å². The summed E-state index contributed by atoms with van der Waals surface area (Å²) >= 11 is 0. The van der Waals surface area contributed by atoms with Crippen LogP contribution in [0.3, 0.4) is 0 Å². The van der Waals surface area contributed by atoms with E-state index in [1.807, 2.05) is 67.6 Å². The van der Waals surface area contributed by atoms with Crippen LogP contribution in [0.25, 0.3) is 0 Å². The average Bonchev–Trinajstić information content (AvgIpc) is 3.11. The Labute approximate surface area is 241 Å². The number of nitrogens with one attached hydrogen (secondary N) is 2. The number of hydrogen-bond acceptors (Lipinski definition) is 2. The van der Waals surface area contributed by atoms with E-state index in [-0.39, 0.29) is 12.1 Å². The first-order valence-corrected chi connectivity index (χ1v) is 16.1. The molecule has 0 radical (unpaired) electrons. The quantitative estimate of drug-likeness (QED) is 0.346. The van der Waals surface area contributed by atoms with Crippen LogP contribution in [0.4, 0.5) is 4.79 Å². The van der Waals surface area contributed by atoms with E-state index in [9.17, 15) is 9.90 Å². The van der Waals surface area contributed by atoms with E-state index in [1.54, 1.807) is 0 Å². The van der Waals surface area contributed by atoms with Crippen molar-refractivity contribution in [3.63, 3.8) is 0 Å². The molecule has 0 aromatic heterocycles. The Morgan fingerprint density at radius 1 is 0.875 bits per heavy atom. The molecule has 3 saturated carbocycles. The number of nitrogens with zero attached hydrogens (tertiary/aromatic N) is 1. The fraction of sp³-hybridized carbons (Fsp3) is 0.629. The lowest BCUT2D eigenvalue weighted by Gasteiger charge is -2.44. The summed E-state index contributed by atoms with van der Waals surface area (Å²) in [5, 5.41) is 18.3. The Bertz CT molecular complexity index is 1080. The van der Waals surface area contributed by atoms with Crippen LogP contribution in [-0.2, 0) is 5.60 Å². The number of aliphatic hydroxyl groups is 1. The minimum Gasteiger partial charge on any atom is -0.378 e. The van der Waals surface area contributed by atoms with Gasteiger partial charge in [0.25, 0.3) is 0 Å². The van der Waals surface area contributed by atoms with Crippen LogP contribution < -0.4 is 10.6 Å². The Hall–Kier alpha value is -2.37. The molecule has 2 heterocycles. The smallest absolute Gasteiger partial charge is 0.315 e. The van der Waals surface area contributed by atoms with Gasteiger partial charge >= 0.3 is 6.03 Å². The monoisotopic (exact) mass is 544 g/mol. The lowest BCUT2D eigenvalue weighted by molar-refractivity contribution is -0.935. The molecule has 6 atom stereocenters. The van der Waals surface area contributed by atoms with Crippen molar-refractivity contribution < 1.29 is 14.4 Å². The zero-order chi connectivity index (χ0) is 27.7. The Morgan fingerprint density at radius 3 is 2.00 bits per heavy atom. The lowest BCUT2D eigenvalue weighted by Crippen LogP contribution is -2.55. The molecule has 5 fully saturated rings. The number of urea groups is 1. The summed E-state index contributed by atoms with van der Waals surface area (Å²) in [6.45, 7) is 4.66. The summed E-state index contributed by atoms with van der Waals surface area (Å²) in [5.74, 6) is 3.81. The summed E-state index contributed by atoms with van der Waals surface area (Å²) < 4.78 is 1.34. The molecule has 2 aromatic carbocycles. The highest BCUT2D eigenvalue weighted by Crippen LogP contribution is 2.49. The molecule has 2 aliphatic heterocycles. The largest absolute Gasteiger partial charge is 0.378 e. The topological polar surface area (TPSA) is 61.4 Å². The third-order valence-electron chi connectivity index (χ3n) is 11.4. The predicted molar refractivity (Wildman–Crippen MR) is 161 cm³/mol. The SMILES string of the molecule is C[C@H](NC(=O)NC1CCC(CC[N+]2(C)CC3C[C@@H]4CC2C[C@H](C3)C4)CC1)C(O)(c1ccccc1)c1ccccc1. The maximum absolute atomic E-state index is 13.1. The zero-order valence-electron chi connectivity index (χ0n) is 24.6. The fourth-order valence-electron chi connectivity index (χ4n) is 9.28. The van der Waals surface area contributed by atoms with Crippen LogP contribution in [0.5, 0.6) is 0 Å². The number of amides is 2. The molecule has 3 aliphatic carbocycles. The minimum absolute atomic E-state index is 0.185. The molecule has 40 heavy (non-hydrogen) atoms. The van der Waals surface area contributed by atoms with Gasteiger partial charge in [-0.25, -0.2) is 4.79 Å². The van der Waals surface area contributed by atoms with E-state index < -0.39 is 11.6 Å². The van der Waals surface area contributed by atoms with Gasteiger partial charge in [0.15, 0.2) is 0 Å². The summed E-state index contributed by atoms with van der Waals surface area (Å²) in [4.78, 5) is 13.1. The first-order valence-electron chi connectivity index (χ1n) is 16.1. The van der Waals surface area contributed by atoms with Crippen molar-refractivity contribution in [2.45, 2.75) is 94.9 Å². The molecule has 4 bridgehead atoms. The van der Waals surface area contributed by atoms with Crippen molar-refractivity contribution in [2.24, 2.45) is 23.7 Å². The summed E-state index contributed by atoms with van der Waals surface area (Å²) in [6, 6.07) is 19.7. The first-order chi connectivity index (χ1) is 19.3. The summed E-state index contributed by atoms with van der Waals surface area (Å²) in [5.41, 5.74) is 0.232. The Balaban J connectivity index is 1.00. The molecule has 2 amide bonds. The van der Waals surface area contributed by atoms with E-state index in [0.29, 0.717) is 0 Å². The highest BCUT2D eigenvalue weighted by molar-refractivity contribution is 5.75. The van der Waals surface area contributed by atoms with Crippen molar-refractivity contribution >= 4 is 6.03 Å². The summed E-state index contributed by atoms with van der Waals surface area (Å²) in [7, 11) is 2.58. The Kier molecular flexibility index (Phi) is 7.98. The molecule has 2 aromatic rings. The molecule has 216 valence electrons. The van der Waals surface area contributed by atoms with Crippen molar-refractivity contribution in [1.82, 2.24) is 10.6 Å². The number of hydrogen-bond donors (Lipinski definition) is 3. The van der Waals surface area contributed by atoms with Crippen molar-refractivity contribution in [3.8, 4) is 0 Å². The van der Waals surface area contributed by atoms with Gasteiger partial charge in [-0.1, -0.05) is 60.7 Å². The number of rotatable bonds is 8. The van der Waals surface area contributed by atoms with Gasteiger partial charge in [0.2, 0.25) is 0 Å². The summed E-state index contributed by atoms with van der Waals surface area (Å²) in [6.07, 6.45) is 13.4. The fourth-order valence-corrected chi connectivity index (χ4v) is 9.28. The molecule has 2 saturated heterocycles. The molecular formula is C35H50N3O2+. The van der Waals surface area contributed by atoms with E-state index in [2.05, 4.69) is 17.7 Å². The van der Waals surface area contributed by atoms with Gasteiger partial charge in [0, 0.05) is 24.8 Å². The molecule has 5 aliphatic rings. The predicted octanol–water partition coefficient (Wildman–Crippen LogP) is 6.21. The number of carbonyl (C=O) groups excluding carboxylic acids is 1. The van der Waals surface area contributed by atoms with Crippen LogP contribution in [0.1, 0.15) is 82.3 Å². The average molecular weight is 545 g/mol. The number of benzene rings is 2. The second kappa shape index (κ2) is 11.5. The van der Waals surface area contributed by atoms with Crippen molar-refractivity contribution in [2.75, 3.05) is 20.1 Å². The maximum Gasteiger partial charge on any atom is 0.315 e. The van der Waals surface area contributed by atoms with Gasteiger partial charge in [-0.05, 0) is 87.2 Å². The molecule has 5 heteroatoms. The van der Waals surface area contributed by atoms with Gasteiger partial charge in [-0.3, -0.25) is 0 Å². The lowest BCUT2D eigenvalue weighted by atomic mass is 9.68. The number of carbonyl (C=O) groups is 1. The van der Waals surface area contributed by atoms with Crippen molar-refractivity contribution in [3.05, 3.63) is 71.8 Å². The van der Waals surface area contributed by atoms with Gasteiger partial charge in [0.05, 0.1) is 32.2 Å². The third kappa shape index (κ3) is 5.69. The first kappa shape index (κ1) is 27.8. The van der Waals surface area contributed by atoms with Gasteiger partial charge in [0.1, 0.15) is 5.60 Å². The highest BCUT2D eigenvalue weighted by Gasteiger charge is 2.49. The van der Waals surface area contributed by atoms with Crippen molar-refractivity contribution in [1.29, 1.82) is 0 Å². The number of quaternary nitrogens is 1. The third-order valence-corrected chi connectivity index (χ3v) is 11.4. The standard InChI is InChI=1S/C35H49N3O2/c1-25(35(40,30-9-5-3-6-10-30)31-11-7-4-8-12-31)36-34(39)37-32-15-13-26(14-16-32)17-18-38(2)24-29-20-27-19-28(21-29)23-33(38)22-27/h3-12,25-29,32-33,40H,13-24H2,1-2H3,(H-,36,37,39)/p+1/t25-,26?,27-,28+,29?,32?,33?,38?/m0/s1. The highest BCUT2D eigenvalue weighted by atomic mass is 16.3. The zero-order valence-corrected chi connectivity index (χ0v) is 24.6. The molecule has 7 rings (SSSR count). The Morgan fingerprint density at radius 2 is 1.43 bits per heavy atom. The van der Waals surface area contributed by atoms with Gasteiger partial charge < -0.3 is 20.2 Å². The second-order valence-corrected chi connectivity index (χ2v) is 14.2. The maximum atomic E-state index is 13.1. The van der Waals surface area contributed by atoms with Gasteiger partial charge in [-0.2, -0.15) is 0 Å². The number of fused-ring (bicyclic) bond motifs is 1. The van der Waals surface area contributed by atoms with Crippen LogP contribution in [-0.4, -0.2) is 53.9 Å². The van der Waals surface area contributed by atoms with E-state index >= 15 is 0 Å². The molecular weight excluding hydrogens is 494 g/mol. The van der Waals surface area contributed by atoms with Crippen LogP contribution >= 0.6 is 0 Å². The molecule has 3 N–H and O–H groups in total. The normalized spacial score (nSPS) is 34.2. The molecule has 0 spiro atoms. The van der Waals surface area contributed by atoms with Crippen LogP contribution in [0.15, 0.2) is 60.7 Å². The second-order valence-electron chi connectivity index (χ2n) is 14.2. The van der Waals surface area contributed by atoms with Crippen LogP contribution in [0, 0.1) is 23.7 Å². The van der Waals surface area contributed by atoms with Crippen LogP contribution in [0.2, 0.25) is 0 Å². The van der Waals surface area contributed by atoms with E-state index in [1.165, 1.54) is 68.9 Å². The van der Waals surface area contributed by atoms with E-state index in [0.717, 1.165) is 53.7 Å². The molecule has 3 unspecified atom stereocenters. The molecule has 5 nitrogen and oxygen atoms in total. The van der Waals surface area contributed by atoms with Gasteiger partial charge in [-0.15, -0.1) is 0 Å².